The van der Waals surface area contributed by atoms with Crippen LogP contribution in [-0.4, -0.2) is 65.4 Å². The van der Waals surface area contributed by atoms with Gasteiger partial charge in [-0.2, -0.15) is 4.98 Å². The van der Waals surface area contributed by atoms with Gasteiger partial charge in [0, 0.05) is 49.5 Å². The van der Waals surface area contributed by atoms with Gasteiger partial charge in [-0.1, -0.05) is 6.92 Å². The molecule has 1 atom stereocenters. The molecule has 2 aliphatic heterocycles. The number of halogens is 1. The first-order valence-electron chi connectivity index (χ1n) is 11.5. The third-order valence-corrected chi connectivity index (χ3v) is 7.19. The number of piperazine rings is 1. The van der Waals surface area contributed by atoms with Crippen molar-refractivity contribution >= 4 is 44.3 Å². The number of anilines is 3. The van der Waals surface area contributed by atoms with Crippen molar-refractivity contribution < 1.29 is 4.74 Å². The lowest BCUT2D eigenvalue weighted by Gasteiger charge is -2.35. The van der Waals surface area contributed by atoms with Crippen LogP contribution in [0.2, 0.25) is 0 Å². The molecule has 1 unspecified atom stereocenters. The first-order chi connectivity index (χ1) is 16.0. The van der Waals surface area contributed by atoms with E-state index >= 15 is 0 Å². The number of rotatable bonds is 5. The smallest absolute Gasteiger partial charge is 0.266 e. The topological polar surface area (TPSA) is 75.5 Å². The minimum atomic E-state index is -0.0884. The molecule has 174 valence electrons. The van der Waals surface area contributed by atoms with Gasteiger partial charge in [0.25, 0.3) is 5.56 Å². The Morgan fingerprint density at radius 3 is 2.58 bits per heavy atom. The second-order valence-corrected chi connectivity index (χ2v) is 9.50. The van der Waals surface area contributed by atoms with Crippen molar-refractivity contribution in [3.63, 3.8) is 0 Å². The van der Waals surface area contributed by atoms with E-state index in [0.29, 0.717) is 29.3 Å². The number of benzene rings is 1. The van der Waals surface area contributed by atoms with Crippen molar-refractivity contribution in [1.82, 2.24) is 19.4 Å². The fraction of sp³-hybridized carbons (Fsp3) is 0.458. The lowest BCUT2D eigenvalue weighted by molar-refractivity contribution is 0.186. The van der Waals surface area contributed by atoms with E-state index in [2.05, 4.69) is 67.2 Å². The summed E-state index contributed by atoms with van der Waals surface area (Å²) in [5, 5.41) is 4.19. The van der Waals surface area contributed by atoms with Crippen LogP contribution in [0, 0.1) is 6.92 Å². The Bertz CT molecular complexity index is 1200. The van der Waals surface area contributed by atoms with E-state index in [4.69, 9.17) is 9.72 Å². The minimum absolute atomic E-state index is 0.0212. The fourth-order valence-corrected chi connectivity index (χ4v) is 5.07. The predicted molar refractivity (Wildman–Crippen MR) is 135 cm³/mol. The van der Waals surface area contributed by atoms with E-state index in [9.17, 15) is 4.79 Å². The third-order valence-electron chi connectivity index (χ3n) is 6.62. The molecule has 0 saturated carbocycles. The largest absolute Gasteiger partial charge is 0.379 e. The monoisotopic (exact) mass is 512 g/mol. The van der Waals surface area contributed by atoms with Gasteiger partial charge < -0.3 is 19.9 Å². The van der Waals surface area contributed by atoms with E-state index in [0.717, 1.165) is 55.9 Å². The summed E-state index contributed by atoms with van der Waals surface area (Å²) in [5.41, 5.74) is 3.52. The molecule has 0 bridgehead atoms. The van der Waals surface area contributed by atoms with Crippen molar-refractivity contribution in [3.8, 4) is 0 Å². The zero-order valence-electron chi connectivity index (χ0n) is 19.1. The van der Waals surface area contributed by atoms with Crippen LogP contribution in [0.4, 0.5) is 17.3 Å². The van der Waals surface area contributed by atoms with Gasteiger partial charge in [-0.3, -0.25) is 9.36 Å². The highest BCUT2D eigenvalue weighted by molar-refractivity contribution is 9.10. The number of hydrogen-bond acceptors (Lipinski definition) is 7. The van der Waals surface area contributed by atoms with E-state index in [1.165, 1.54) is 5.69 Å². The van der Waals surface area contributed by atoms with Gasteiger partial charge in [-0.15, -0.1) is 0 Å². The van der Waals surface area contributed by atoms with Crippen LogP contribution in [0.25, 0.3) is 11.0 Å². The quantitative estimate of drug-likeness (QED) is 0.558. The Balaban J connectivity index is 1.42. The number of ether oxygens (including phenoxy) is 1. The normalized spacial score (nSPS) is 19.4. The third kappa shape index (κ3) is 4.49. The predicted octanol–water partition coefficient (Wildman–Crippen LogP) is 3.71. The number of fused-ring (bicyclic) bond motifs is 1. The highest BCUT2D eigenvalue weighted by atomic mass is 79.9. The highest BCUT2D eigenvalue weighted by Crippen LogP contribution is 2.27. The summed E-state index contributed by atoms with van der Waals surface area (Å²) in [6.07, 6.45) is 0.797. The molecule has 4 heterocycles. The van der Waals surface area contributed by atoms with E-state index < -0.39 is 0 Å². The Hall–Kier alpha value is -2.49. The molecule has 9 heteroatoms. The van der Waals surface area contributed by atoms with E-state index in [1.54, 1.807) is 4.57 Å². The number of nitrogens with zero attached hydrogens (tertiary/aromatic N) is 5. The van der Waals surface area contributed by atoms with E-state index in [1.807, 2.05) is 13.0 Å². The molecule has 5 rings (SSSR count). The number of aromatic nitrogens is 3. The minimum Gasteiger partial charge on any atom is -0.379 e. The summed E-state index contributed by atoms with van der Waals surface area (Å²) in [6, 6.07) is 10.2. The molecule has 33 heavy (non-hydrogen) atoms. The molecule has 2 saturated heterocycles. The number of nitrogens with one attached hydrogen (secondary N) is 1. The Labute approximate surface area is 201 Å². The zero-order valence-corrected chi connectivity index (χ0v) is 20.6. The zero-order chi connectivity index (χ0) is 22.9. The van der Waals surface area contributed by atoms with E-state index in [-0.39, 0.29) is 11.6 Å². The molecule has 8 nitrogen and oxygen atoms in total. The lowest BCUT2D eigenvalue weighted by Crippen LogP contribution is -2.46. The SMILES string of the molecule is CCN1CCN(c2ccc(Nc3nc(C)c4cc(Br)c(=O)n(C5CCOC5)c4n3)cc2)CC1. The van der Waals surface area contributed by atoms with Crippen molar-refractivity contribution in [2.75, 3.05) is 56.2 Å². The number of likely N-dealkylation sites (N-methyl/N-ethyl adjacent to an activating group) is 1. The maximum atomic E-state index is 13.0. The van der Waals surface area contributed by atoms with Crippen LogP contribution in [-0.2, 0) is 4.74 Å². The second kappa shape index (κ2) is 9.40. The van der Waals surface area contributed by atoms with Crippen LogP contribution in [0.15, 0.2) is 39.6 Å². The van der Waals surface area contributed by atoms with Gasteiger partial charge in [-0.25, -0.2) is 4.98 Å². The maximum Gasteiger partial charge on any atom is 0.266 e. The van der Waals surface area contributed by atoms with Crippen LogP contribution in [0.3, 0.4) is 0 Å². The molecule has 2 aliphatic rings. The van der Waals surface area contributed by atoms with Crippen LogP contribution < -0.4 is 15.8 Å². The lowest BCUT2D eigenvalue weighted by atomic mass is 10.2. The number of pyridine rings is 1. The van der Waals surface area contributed by atoms with Crippen molar-refractivity contribution in [2.24, 2.45) is 0 Å². The Morgan fingerprint density at radius 1 is 1.15 bits per heavy atom. The van der Waals surface area contributed by atoms with Crippen LogP contribution >= 0.6 is 15.9 Å². The molecule has 0 radical (unpaired) electrons. The van der Waals surface area contributed by atoms with Gasteiger partial charge in [0.15, 0.2) is 0 Å². The van der Waals surface area contributed by atoms with Crippen molar-refractivity contribution in [3.05, 3.63) is 50.9 Å². The Kier molecular flexibility index (Phi) is 6.36. The fourth-order valence-electron chi connectivity index (χ4n) is 4.65. The molecule has 0 amide bonds. The molecule has 0 spiro atoms. The van der Waals surface area contributed by atoms with Gasteiger partial charge in [-0.05, 0) is 66.2 Å². The maximum absolute atomic E-state index is 13.0. The summed E-state index contributed by atoms with van der Waals surface area (Å²) in [6.45, 7) is 10.7. The van der Waals surface area contributed by atoms with Gasteiger partial charge >= 0.3 is 0 Å². The summed E-state index contributed by atoms with van der Waals surface area (Å²) >= 11 is 3.42. The Morgan fingerprint density at radius 2 is 1.91 bits per heavy atom. The van der Waals surface area contributed by atoms with Gasteiger partial charge in [0.05, 0.1) is 22.8 Å². The summed E-state index contributed by atoms with van der Waals surface area (Å²) in [4.78, 5) is 27.3. The first kappa shape index (κ1) is 22.3. The first-order valence-corrected chi connectivity index (χ1v) is 12.3. The summed E-state index contributed by atoms with van der Waals surface area (Å²) in [5.74, 6) is 0.485. The molecule has 0 aliphatic carbocycles. The number of hydrogen-bond donors (Lipinski definition) is 1. The molecule has 1 aromatic carbocycles. The molecular formula is C24H29BrN6O2. The standard InChI is InChI=1S/C24H29BrN6O2/c1-3-29-9-11-30(12-10-29)18-6-4-17(5-7-18)27-24-26-16(2)20-14-21(25)23(32)31(22(20)28-24)19-8-13-33-15-19/h4-7,14,19H,3,8-13,15H2,1-2H3,(H,26,27,28). The molecule has 3 aromatic rings. The number of aryl methyl sites for hydroxylation is 1. The summed E-state index contributed by atoms with van der Waals surface area (Å²) < 4.78 is 7.82. The van der Waals surface area contributed by atoms with Crippen molar-refractivity contribution in [2.45, 2.75) is 26.3 Å². The molecule has 2 fully saturated rings. The van der Waals surface area contributed by atoms with Crippen LogP contribution in [0.1, 0.15) is 25.1 Å². The van der Waals surface area contributed by atoms with Gasteiger partial charge in [0.1, 0.15) is 5.65 Å². The molecular weight excluding hydrogens is 484 g/mol. The highest BCUT2D eigenvalue weighted by Gasteiger charge is 2.24. The van der Waals surface area contributed by atoms with Crippen LogP contribution in [0.5, 0.6) is 0 Å². The second-order valence-electron chi connectivity index (χ2n) is 8.65. The van der Waals surface area contributed by atoms with Gasteiger partial charge in [0.2, 0.25) is 5.95 Å². The molecule has 2 aromatic heterocycles. The molecule has 1 N–H and O–H groups in total. The average Bonchev–Trinajstić information content (AvgIpc) is 3.36. The van der Waals surface area contributed by atoms with Crippen molar-refractivity contribution in [1.29, 1.82) is 0 Å². The summed E-state index contributed by atoms with van der Waals surface area (Å²) in [7, 11) is 0. The average molecular weight is 513 g/mol.